The number of nitrogens with two attached hydrogens (primary N) is 3. The van der Waals surface area contributed by atoms with Crippen molar-refractivity contribution in [2.24, 2.45) is 17.4 Å². The zero-order chi connectivity index (χ0) is 14.7. The maximum absolute atomic E-state index is 11.1. The van der Waals surface area contributed by atoms with Crippen LogP contribution in [0, 0.1) is 5.92 Å². The topological polar surface area (TPSA) is 115 Å². The second kappa shape index (κ2) is 5.92. The number of hydrogen-bond donors (Lipinski definition) is 3. The molecule has 0 saturated carbocycles. The fourth-order valence-corrected chi connectivity index (χ4v) is 2.51. The molecule has 0 atom stereocenters. The van der Waals surface area contributed by atoms with Crippen molar-refractivity contribution in [1.82, 2.24) is 4.90 Å². The SMILES string of the molecule is NC(=O)c1ccc(CN2CCC(C(N)=O)CC2)c(N)c1. The molecule has 1 saturated heterocycles. The zero-order valence-corrected chi connectivity index (χ0v) is 11.3. The van der Waals surface area contributed by atoms with Crippen LogP contribution in [0.5, 0.6) is 0 Å². The third-order valence-electron chi connectivity index (χ3n) is 3.81. The van der Waals surface area contributed by atoms with E-state index < -0.39 is 5.91 Å². The molecule has 6 heteroatoms. The molecule has 0 aliphatic carbocycles. The number of nitrogen functional groups attached to an aromatic ring is 1. The Balaban J connectivity index is 1.98. The third kappa shape index (κ3) is 3.27. The fourth-order valence-electron chi connectivity index (χ4n) is 2.51. The highest BCUT2D eigenvalue weighted by molar-refractivity contribution is 5.93. The van der Waals surface area contributed by atoms with Gasteiger partial charge in [-0.2, -0.15) is 0 Å². The molecule has 6 nitrogen and oxygen atoms in total. The second-order valence-electron chi connectivity index (χ2n) is 5.23. The van der Waals surface area contributed by atoms with E-state index in [-0.39, 0.29) is 11.8 Å². The first-order valence-corrected chi connectivity index (χ1v) is 6.67. The number of hydrogen-bond acceptors (Lipinski definition) is 4. The average molecular weight is 276 g/mol. The van der Waals surface area contributed by atoms with Gasteiger partial charge in [0.25, 0.3) is 0 Å². The highest BCUT2D eigenvalue weighted by Crippen LogP contribution is 2.21. The predicted molar refractivity (Wildman–Crippen MR) is 76.6 cm³/mol. The normalized spacial score (nSPS) is 17.0. The van der Waals surface area contributed by atoms with E-state index in [2.05, 4.69) is 4.90 Å². The molecule has 6 N–H and O–H groups in total. The van der Waals surface area contributed by atoms with Gasteiger partial charge < -0.3 is 17.2 Å². The molecule has 1 aliphatic rings. The number of likely N-dealkylation sites (tertiary alicyclic amines) is 1. The number of carbonyl (C=O) groups is 2. The molecule has 2 amide bonds. The summed E-state index contributed by atoms with van der Waals surface area (Å²) in [4.78, 5) is 24.4. The Morgan fingerprint density at radius 3 is 2.35 bits per heavy atom. The lowest BCUT2D eigenvalue weighted by atomic mass is 9.96. The van der Waals surface area contributed by atoms with E-state index in [0.717, 1.165) is 31.5 Å². The third-order valence-corrected chi connectivity index (χ3v) is 3.81. The molecule has 0 unspecified atom stereocenters. The standard InChI is InChI=1S/C14H20N4O2/c15-12-7-10(14(17)20)1-2-11(12)8-18-5-3-9(4-6-18)13(16)19/h1-2,7,9H,3-6,8,15H2,(H2,16,19)(H2,17,20). The van der Waals surface area contributed by atoms with Gasteiger partial charge in [0.15, 0.2) is 0 Å². The minimum absolute atomic E-state index is 0.0131. The van der Waals surface area contributed by atoms with Crippen molar-refractivity contribution in [3.63, 3.8) is 0 Å². The van der Waals surface area contributed by atoms with Gasteiger partial charge in [-0.05, 0) is 43.6 Å². The van der Waals surface area contributed by atoms with E-state index in [4.69, 9.17) is 17.2 Å². The lowest BCUT2D eigenvalue weighted by molar-refractivity contribution is -0.123. The summed E-state index contributed by atoms with van der Waals surface area (Å²) in [6.07, 6.45) is 1.57. The number of amides is 2. The number of piperidine rings is 1. The summed E-state index contributed by atoms with van der Waals surface area (Å²) in [5, 5.41) is 0. The maximum Gasteiger partial charge on any atom is 0.248 e. The number of anilines is 1. The van der Waals surface area contributed by atoms with Crippen LogP contribution < -0.4 is 17.2 Å². The fraction of sp³-hybridized carbons (Fsp3) is 0.429. The predicted octanol–water partition coefficient (Wildman–Crippen LogP) is 0.0650. The van der Waals surface area contributed by atoms with Crippen molar-refractivity contribution in [1.29, 1.82) is 0 Å². The minimum atomic E-state index is -0.481. The quantitative estimate of drug-likeness (QED) is 0.674. The van der Waals surface area contributed by atoms with E-state index in [1.165, 1.54) is 0 Å². The van der Waals surface area contributed by atoms with Crippen molar-refractivity contribution in [2.45, 2.75) is 19.4 Å². The van der Waals surface area contributed by atoms with Crippen LogP contribution in [-0.4, -0.2) is 29.8 Å². The van der Waals surface area contributed by atoms with Gasteiger partial charge in [-0.3, -0.25) is 14.5 Å². The molecule has 0 bridgehead atoms. The molecule has 0 aromatic heterocycles. The van der Waals surface area contributed by atoms with E-state index in [1.807, 2.05) is 6.07 Å². The van der Waals surface area contributed by atoms with Crippen molar-refractivity contribution in [3.05, 3.63) is 29.3 Å². The molecule has 20 heavy (non-hydrogen) atoms. The van der Waals surface area contributed by atoms with Crippen LogP contribution in [0.25, 0.3) is 0 Å². The molecular formula is C14H20N4O2. The molecule has 1 aromatic carbocycles. The van der Waals surface area contributed by atoms with E-state index in [9.17, 15) is 9.59 Å². The summed E-state index contributed by atoms with van der Waals surface area (Å²) in [5.74, 6) is -0.707. The van der Waals surface area contributed by atoms with Crippen LogP contribution >= 0.6 is 0 Å². The van der Waals surface area contributed by atoms with Gasteiger partial charge in [0.05, 0.1) is 0 Å². The monoisotopic (exact) mass is 276 g/mol. The number of nitrogens with zero attached hydrogens (tertiary/aromatic N) is 1. The molecule has 0 spiro atoms. The molecule has 1 fully saturated rings. The van der Waals surface area contributed by atoms with Crippen molar-refractivity contribution >= 4 is 17.5 Å². The Kier molecular flexibility index (Phi) is 4.24. The average Bonchev–Trinajstić information content (AvgIpc) is 2.41. The Morgan fingerprint density at radius 2 is 1.85 bits per heavy atom. The van der Waals surface area contributed by atoms with E-state index >= 15 is 0 Å². The number of primary amides is 2. The summed E-state index contributed by atoms with van der Waals surface area (Å²) in [5.41, 5.74) is 18.4. The minimum Gasteiger partial charge on any atom is -0.398 e. The Bertz CT molecular complexity index is 522. The number of benzene rings is 1. The number of carbonyl (C=O) groups excluding carboxylic acids is 2. The van der Waals surface area contributed by atoms with Gasteiger partial charge in [0.1, 0.15) is 0 Å². The maximum atomic E-state index is 11.1. The molecule has 108 valence electrons. The van der Waals surface area contributed by atoms with Crippen LogP contribution in [-0.2, 0) is 11.3 Å². The molecule has 1 aliphatic heterocycles. The first-order chi connectivity index (χ1) is 9.47. The number of rotatable bonds is 4. The lowest BCUT2D eigenvalue weighted by Gasteiger charge is -2.30. The Labute approximate surface area is 117 Å². The first-order valence-electron chi connectivity index (χ1n) is 6.67. The molecular weight excluding hydrogens is 256 g/mol. The molecule has 1 heterocycles. The van der Waals surface area contributed by atoms with Crippen LogP contribution in [0.2, 0.25) is 0 Å². The molecule has 0 radical (unpaired) electrons. The zero-order valence-electron chi connectivity index (χ0n) is 11.3. The highest BCUT2D eigenvalue weighted by Gasteiger charge is 2.23. The smallest absolute Gasteiger partial charge is 0.248 e. The van der Waals surface area contributed by atoms with Gasteiger partial charge in [-0.15, -0.1) is 0 Å². The van der Waals surface area contributed by atoms with Crippen molar-refractivity contribution in [3.8, 4) is 0 Å². The largest absolute Gasteiger partial charge is 0.398 e. The van der Waals surface area contributed by atoms with Crippen LogP contribution in [0.4, 0.5) is 5.69 Å². The van der Waals surface area contributed by atoms with Crippen molar-refractivity contribution < 1.29 is 9.59 Å². The highest BCUT2D eigenvalue weighted by atomic mass is 16.1. The van der Waals surface area contributed by atoms with Gasteiger partial charge in [-0.25, -0.2) is 0 Å². The van der Waals surface area contributed by atoms with Gasteiger partial charge in [0.2, 0.25) is 11.8 Å². The van der Waals surface area contributed by atoms with E-state index in [0.29, 0.717) is 17.8 Å². The van der Waals surface area contributed by atoms with E-state index in [1.54, 1.807) is 12.1 Å². The van der Waals surface area contributed by atoms with Crippen LogP contribution in [0.15, 0.2) is 18.2 Å². The lowest BCUT2D eigenvalue weighted by Crippen LogP contribution is -2.38. The van der Waals surface area contributed by atoms with Gasteiger partial charge >= 0.3 is 0 Å². The summed E-state index contributed by atoms with van der Waals surface area (Å²) in [6.45, 7) is 2.35. The summed E-state index contributed by atoms with van der Waals surface area (Å²) in [6, 6.07) is 5.12. The Morgan fingerprint density at radius 1 is 1.20 bits per heavy atom. The van der Waals surface area contributed by atoms with Crippen molar-refractivity contribution in [2.75, 3.05) is 18.8 Å². The summed E-state index contributed by atoms with van der Waals surface area (Å²) >= 11 is 0. The molecule has 1 aromatic rings. The van der Waals surface area contributed by atoms with Gasteiger partial charge in [0, 0.05) is 23.7 Å². The summed E-state index contributed by atoms with van der Waals surface area (Å²) in [7, 11) is 0. The second-order valence-corrected chi connectivity index (χ2v) is 5.23. The van der Waals surface area contributed by atoms with Crippen LogP contribution in [0.3, 0.4) is 0 Å². The molecule has 2 rings (SSSR count). The Hall–Kier alpha value is -2.08. The first kappa shape index (κ1) is 14.3. The van der Waals surface area contributed by atoms with Gasteiger partial charge in [-0.1, -0.05) is 6.07 Å². The summed E-state index contributed by atoms with van der Waals surface area (Å²) < 4.78 is 0. The van der Waals surface area contributed by atoms with Crippen LogP contribution in [0.1, 0.15) is 28.8 Å².